The number of hydrogen-bond donors (Lipinski definition) is 1. The second kappa shape index (κ2) is 6.93. The molecule has 0 bridgehead atoms. The molecule has 0 saturated heterocycles. The van der Waals surface area contributed by atoms with Crippen LogP contribution in [0.15, 0.2) is 23.8 Å². The van der Waals surface area contributed by atoms with Crippen LogP contribution in [0.3, 0.4) is 0 Å². The van der Waals surface area contributed by atoms with Gasteiger partial charge in [0, 0.05) is 0 Å². The summed E-state index contributed by atoms with van der Waals surface area (Å²) in [5.74, 6) is 8.10. The monoisotopic (exact) mass is 399 g/mol. The SMILES string of the molecule is CC#Cc1cc2c(cc1OS(N)(=O)=O)CCC1C2CC[C@]2(C)/C(=C/C)CCC12. The number of allylic oxidation sites excluding steroid dienone is 2. The van der Waals surface area contributed by atoms with Gasteiger partial charge in [-0.05, 0) is 98.8 Å². The van der Waals surface area contributed by atoms with Crippen LogP contribution in [0.5, 0.6) is 5.75 Å². The normalized spacial score (nSPS) is 32.7. The van der Waals surface area contributed by atoms with Crippen molar-refractivity contribution in [2.75, 3.05) is 0 Å². The quantitative estimate of drug-likeness (QED) is 0.590. The van der Waals surface area contributed by atoms with Crippen LogP contribution in [0.4, 0.5) is 0 Å². The highest BCUT2D eigenvalue weighted by atomic mass is 32.2. The van der Waals surface area contributed by atoms with Crippen molar-refractivity contribution in [3.8, 4) is 17.6 Å². The van der Waals surface area contributed by atoms with E-state index in [1.807, 2.05) is 6.07 Å². The molecule has 4 nitrogen and oxygen atoms in total. The molecule has 3 unspecified atom stereocenters. The summed E-state index contributed by atoms with van der Waals surface area (Å²) in [6.07, 6.45) is 9.39. The molecular formula is C23H29NO3S. The standard InChI is InChI=1S/C23H29NO3S/c1-4-6-16-13-20-15(14-22(16)27-28(24,25)26)7-9-19-18(20)11-12-23(3)17(5-2)8-10-21(19)23/h5,13-14,18-19,21H,7-12H2,1-3H3,(H2,24,25,26)/b17-5+/t18?,19?,21?,23-/m1/s1. The Hall–Kier alpha value is -1.77. The predicted molar refractivity (Wildman–Crippen MR) is 111 cm³/mol. The summed E-state index contributed by atoms with van der Waals surface area (Å²) in [4.78, 5) is 0. The Morgan fingerprint density at radius 1 is 1.25 bits per heavy atom. The van der Waals surface area contributed by atoms with Crippen LogP contribution in [-0.4, -0.2) is 8.42 Å². The Labute approximate surface area is 168 Å². The highest BCUT2D eigenvalue weighted by molar-refractivity contribution is 7.84. The number of aryl methyl sites for hydroxylation is 1. The average Bonchev–Trinajstić information content (AvgIpc) is 2.97. The summed E-state index contributed by atoms with van der Waals surface area (Å²) in [6.45, 7) is 6.41. The second-order valence-electron chi connectivity index (χ2n) is 8.72. The molecule has 0 amide bonds. The molecule has 3 aliphatic rings. The molecule has 0 heterocycles. The second-order valence-corrected chi connectivity index (χ2v) is 9.87. The van der Waals surface area contributed by atoms with Gasteiger partial charge in [0.1, 0.15) is 0 Å². The Balaban J connectivity index is 1.74. The molecule has 3 aliphatic carbocycles. The maximum atomic E-state index is 11.5. The van der Waals surface area contributed by atoms with E-state index >= 15 is 0 Å². The lowest BCUT2D eigenvalue weighted by atomic mass is 9.55. The average molecular weight is 400 g/mol. The number of hydrogen-bond acceptors (Lipinski definition) is 3. The van der Waals surface area contributed by atoms with Gasteiger partial charge in [0.25, 0.3) is 0 Å². The molecule has 5 heteroatoms. The summed E-state index contributed by atoms with van der Waals surface area (Å²) in [6, 6.07) is 3.92. The van der Waals surface area contributed by atoms with Gasteiger partial charge in [-0.15, -0.1) is 5.92 Å². The van der Waals surface area contributed by atoms with Gasteiger partial charge in [-0.25, -0.2) is 0 Å². The smallest absolute Gasteiger partial charge is 0.370 e. The van der Waals surface area contributed by atoms with Crippen LogP contribution < -0.4 is 9.32 Å². The fourth-order valence-electron chi connectivity index (χ4n) is 6.35. The van der Waals surface area contributed by atoms with Crippen LogP contribution in [0, 0.1) is 29.1 Å². The third-order valence-electron chi connectivity index (χ3n) is 7.49. The zero-order valence-electron chi connectivity index (χ0n) is 16.9. The van der Waals surface area contributed by atoms with Crippen molar-refractivity contribution in [2.24, 2.45) is 22.4 Å². The minimum atomic E-state index is -4.07. The topological polar surface area (TPSA) is 69.4 Å². The Morgan fingerprint density at radius 3 is 2.71 bits per heavy atom. The maximum Gasteiger partial charge on any atom is 0.380 e. The van der Waals surface area contributed by atoms with Crippen molar-refractivity contribution in [3.05, 3.63) is 40.5 Å². The molecule has 0 aliphatic heterocycles. The molecule has 2 N–H and O–H groups in total. The molecule has 28 heavy (non-hydrogen) atoms. The summed E-state index contributed by atoms with van der Waals surface area (Å²) in [5.41, 5.74) is 5.15. The summed E-state index contributed by atoms with van der Waals surface area (Å²) in [5, 5.41) is 5.11. The fraction of sp³-hybridized carbons (Fsp3) is 0.565. The molecule has 4 atom stereocenters. The Kier molecular flexibility index (Phi) is 4.84. The molecule has 4 rings (SSSR count). The highest BCUT2D eigenvalue weighted by Crippen LogP contribution is 2.62. The van der Waals surface area contributed by atoms with Crippen molar-refractivity contribution in [3.63, 3.8) is 0 Å². The van der Waals surface area contributed by atoms with Crippen molar-refractivity contribution < 1.29 is 12.6 Å². The minimum Gasteiger partial charge on any atom is -0.370 e. The van der Waals surface area contributed by atoms with Crippen LogP contribution in [0.25, 0.3) is 0 Å². The molecule has 2 saturated carbocycles. The Morgan fingerprint density at radius 2 is 2.04 bits per heavy atom. The number of rotatable bonds is 2. The van der Waals surface area contributed by atoms with Gasteiger partial charge >= 0.3 is 10.3 Å². The van der Waals surface area contributed by atoms with E-state index in [4.69, 9.17) is 9.32 Å². The van der Waals surface area contributed by atoms with Crippen molar-refractivity contribution in [1.29, 1.82) is 0 Å². The first-order valence-corrected chi connectivity index (χ1v) is 11.7. The van der Waals surface area contributed by atoms with E-state index in [-0.39, 0.29) is 5.75 Å². The minimum absolute atomic E-state index is 0.256. The summed E-state index contributed by atoms with van der Waals surface area (Å²) >= 11 is 0. The largest absolute Gasteiger partial charge is 0.380 e. The van der Waals surface area contributed by atoms with E-state index in [2.05, 4.69) is 37.8 Å². The van der Waals surface area contributed by atoms with Gasteiger partial charge in [0.2, 0.25) is 0 Å². The predicted octanol–water partition coefficient (Wildman–Crippen LogP) is 4.44. The zero-order valence-corrected chi connectivity index (χ0v) is 17.7. The first-order chi connectivity index (χ1) is 13.3. The van der Waals surface area contributed by atoms with E-state index < -0.39 is 10.3 Å². The lowest BCUT2D eigenvalue weighted by Crippen LogP contribution is -2.40. The number of benzene rings is 1. The van der Waals surface area contributed by atoms with Gasteiger partial charge < -0.3 is 4.18 Å². The molecule has 2 fully saturated rings. The Bertz CT molecular complexity index is 999. The third-order valence-corrected chi connectivity index (χ3v) is 7.90. The van der Waals surface area contributed by atoms with E-state index in [1.54, 1.807) is 12.5 Å². The number of nitrogens with two attached hydrogens (primary N) is 1. The van der Waals surface area contributed by atoms with Gasteiger partial charge in [-0.2, -0.15) is 13.6 Å². The molecule has 0 radical (unpaired) electrons. The maximum absolute atomic E-state index is 11.5. The summed E-state index contributed by atoms with van der Waals surface area (Å²) in [7, 11) is -4.07. The van der Waals surface area contributed by atoms with E-state index in [0.717, 1.165) is 18.8 Å². The van der Waals surface area contributed by atoms with Gasteiger partial charge in [-0.1, -0.05) is 24.5 Å². The lowest BCUT2D eigenvalue weighted by molar-refractivity contribution is 0.0813. The highest BCUT2D eigenvalue weighted by Gasteiger charge is 2.52. The van der Waals surface area contributed by atoms with E-state index in [0.29, 0.717) is 22.8 Å². The third kappa shape index (κ3) is 3.17. The van der Waals surface area contributed by atoms with Crippen molar-refractivity contribution >= 4 is 10.3 Å². The molecule has 1 aromatic carbocycles. The van der Waals surface area contributed by atoms with E-state index in [1.165, 1.54) is 36.8 Å². The van der Waals surface area contributed by atoms with Gasteiger partial charge in [-0.3, -0.25) is 0 Å². The number of fused-ring (bicyclic) bond motifs is 5. The van der Waals surface area contributed by atoms with Gasteiger partial charge in [0.15, 0.2) is 5.75 Å². The van der Waals surface area contributed by atoms with Gasteiger partial charge in [0.05, 0.1) is 5.56 Å². The fourth-order valence-corrected chi connectivity index (χ4v) is 6.74. The molecule has 1 aromatic rings. The van der Waals surface area contributed by atoms with Crippen LogP contribution in [-0.2, 0) is 16.7 Å². The van der Waals surface area contributed by atoms with Crippen LogP contribution in [0.2, 0.25) is 0 Å². The lowest BCUT2D eigenvalue weighted by Gasteiger charge is -2.49. The first-order valence-electron chi connectivity index (χ1n) is 10.2. The first kappa shape index (κ1) is 19.5. The van der Waals surface area contributed by atoms with Crippen molar-refractivity contribution in [2.45, 2.75) is 65.2 Å². The molecular weight excluding hydrogens is 370 g/mol. The van der Waals surface area contributed by atoms with Crippen molar-refractivity contribution in [1.82, 2.24) is 0 Å². The van der Waals surface area contributed by atoms with Crippen LogP contribution >= 0.6 is 0 Å². The summed E-state index contributed by atoms with van der Waals surface area (Å²) < 4.78 is 28.0. The molecule has 0 spiro atoms. The van der Waals surface area contributed by atoms with E-state index in [9.17, 15) is 8.42 Å². The van der Waals surface area contributed by atoms with Crippen LogP contribution in [0.1, 0.15) is 75.5 Å². The molecule has 150 valence electrons. The molecule has 0 aromatic heterocycles. The zero-order chi connectivity index (χ0) is 20.1.